The largest absolute Gasteiger partial charge is 0.497 e. The van der Waals surface area contributed by atoms with E-state index in [1.54, 1.807) is 23.7 Å². The average Bonchev–Trinajstić information content (AvgIpc) is 2.93. The van der Waals surface area contributed by atoms with Crippen molar-refractivity contribution in [3.05, 3.63) is 35.7 Å². The van der Waals surface area contributed by atoms with Crippen molar-refractivity contribution in [3.63, 3.8) is 0 Å². The molecule has 0 spiro atoms. The van der Waals surface area contributed by atoms with Crippen LogP contribution in [0, 0.1) is 6.92 Å². The van der Waals surface area contributed by atoms with E-state index >= 15 is 0 Å². The van der Waals surface area contributed by atoms with Gasteiger partial charge in [-0.1, -0.05) is 5.21 Å². The summed E-state index contributed by atoms with van der Waals surface area (Å²) < 4.78 is 6.79. The fourth-order valence-electron chi connectivity index (χ4n) is 2.06. The number of hydrogen-bond donors (Lipinski definition) is 1. The molecule has 0 fully saturated rings. The van der Waals surface area contributed by atoms with Crippen molar-refractivity contribution < 1.29 is 9.53 Å². The number of likely N-dealkylation sites (N-methyl/N-ethyl adjacent to an activating group) is 2. The zero-order valence-corrected chi connectivity index (χ0v) is 14.6. The van der Waals surface area contributed by atoms with E-state index in [9.17, 15) is 4.79 Å². The quantitative estimate of drug-likeness (QED) is 0.858. The van der Waals surface area contributed by atoms with Crippen LogP contribution >= 0.6 is 12.4 Å². The highest BCUT2D eigenvalue weighted by Crippen LogP contribution is 2.17. The van der Waals surface area contributed by atoms with Gasteiger partial charge in [0, 0.05) is 20.1 Å². The molecule has 2 rings (SSSR count). The summed E-state index contributed by atoms with van der Waals surface area (Å²) in [6.45, 7) is 3.18. The zero-order valence-electron chi connectivity index (χ0n) is 13.7. The van der Waals surface area contributed by atoms with Crippen molar-refractivity contribution >= 4 is 18.3 Å². The number of amides is 1. The van der Waals surface area contributed by atoms with Crippen molar-refractivity contribution in [2.75, 3.05) is 34.3 Å². The number of benzene rings is 1. The van der Waals surface area contributed by atoms with Crippen molar-refractivity contribution in [3.8, 4) is 11.4 Å². The number of halogens is 1. The number of carbonyl (C=O) groups excluding carboxylic acids is 1. The van der Waals surface area contributed by atoms with E-state index in [-0.39, 0.29) is 18.3 Å². The third-order valence-electron chi connectivity index (χ3n) is 3.46. The van der Waals surface area contributed by atoms with Crippen LogP contribution in [0.25, 0.3) is 5.69 Å². The molecule has 8 heteroatoms. The van der Waals surface area contributed by atoms with Crippen LogP contribution in [0.5, 0.6) is 5.75 Å². The normalized spacial score (nSPS) is 10.1. The Kier molecular flexibility index (Phi) is 6.99. The van der Waals surface area contributed by atoms with Crippen LogP contribution in [0.2, 0.25) is 0 Å². The number of nitrogens with zero attached hydrogens (tertiary/aromatic N) is 4. The molecule has 0 bridgehead atoms. The second kappa shape index (κ2) is 8.50. The molecule has 0 unspecified atom stereocenters. The molecule has 2 aromatic rings. The standard InChI is InChI=1S/C15H21N5O2.ClH/c1-11-14(15(21)19(3)10-9-16-2)17-18-20(11)12-5-7-13(22-4)8-6-12;/h5-8,16H,9-10H2,1-4H3;1H. The Morgan fingerprint density at radius 1 is 1.35 bits per heavy atom. The zero-order chi connectivity index (χ0) is 16.1. The highest BCUT2D eigenvalue weighted by molar-refractivity contribution is 5.93. The lowest BCUT2D eigenvalue weighted by Crippen LogP contribution is -2.33. The summed E-state index contributed by atoms with van der Waals surface area (Å²) in [4.78, 5) is 14.0. The van der Waals surface area contributed by atoms with Crippen molar-refractivity contribution in [2.24, 2.45) is 0 Å². The summed E-state index contributed by atoms with van der Waals surface area (Å²) in [5, 5.41) is 11.1. The van der Waals surface area contributed by atoms with E-state index in [4.69, 9.17) is 4.74 Å². The van der Waals surface area contributed by atoms with Crippen molar-refractivity contribution in [2.45, 2.75) is 6.92 Å². The summed E-state index contributed by atoms with van der Waals surface area (Å²) in [5.74, 6) is 0.636. The number of rotatable bonds is 6. The van der Waals surface area contributed by atoms with Crippen LogP contribution in [0.4, 0.5) is 0 Å². The molecule has 0 aliphatic carbocycles. The lowest BCUT2D eigenvalue weighted by atomic mass is 10.2. The van der Waals surface area contributed by atoms with Crippen LogP contribution < -0.4 is 10.1 Å². The second-order valence-electron chi connectivity index (χ2n) is 4.96. The second-order valence-corrected chi connectivity index (χ2v) is 4.96. The van der Waals surface area contributed by atoms with E-state index < -0.39 is 0 Å². The van der Waals surface area contributed by atoms with E-state index in [1.807, 2.05) is 38.2 Å². The van der Waals surface area contributed by atoms with Crippen LogP contribution in [-0.2, 0) is 0 Å². The monoisotopic (exact) mass is 339 g/mol. The number of methoxy groups -OCH3 is 1. The Hall–Kier alpha value is -2.12. The van der Waals surface area contributed by atoms with Gasteiger partial charge in [0.2, 0.25) is 0 Å². The first-order valence-electron chi connectivity index (χ1n) is 7.05. The summed E-state index contributed by atoms with van der Waals surface area (Å²) in [7, 11) is 5.22. The first-order chi connectivity index (χ1) is 10.6. The lowest BCUT2D eigenvalue weighted by Gasteiger charge is -2.15. The lowest BCUT2D eigenvalue weighted by molar-refractivity contribution is 0.0790. The third-order valence-corrected chi connectivity index (χ3v) is 3.46. The fourth-order valence-corrected chi connectivity index (χ4v) is 2.06. The Morgan fingerprint density at radius 3 is 2.57 bits per heavy atom. The molecule has 1 aromatic heterocycles. The molecule has 0 atom stereocenters. The van der Waals surface area contributed by atoms with Gasteiger partial charge in [0.15, 0.2) is 5.69 Å². The number of hydrogen-bond acceptors (Lipinski definition) is 5. The van der Waals surface area contributed by atoms with E-state index in [0.717, 1.165) is 18.0 Å². The predicted molar refractivity (Wildman–Crippen MR) is 90.8 cm³/mol. The number of carbonyl (C=O) groups is 1. The van der Waals surface area contributed by atoms with Gasteiger partial charge in [0.05, 0.1) is 18.5 Å². The maximum Gasteiger partial charge on any atom is 0.276 e. The molecular formula is C15H22ClN5O2. The van der Waals surface area contributed by atoms with E-state index in [0.29, 0.717) is 17.9 Å². The van der Waals surface area contributed by atoms with Gasteiger partial charge in [-0.15, -0.1) is 17.5 Å². The molecule has 0 saturated carbocycles. The molecule has 1 heterocycles. The topological polar surface area (TPSA) is 72.3 Å². The van der Waals surface area contributed by atoms with Gasteiger partial charge in [0.1, 0.15) is 5.75 Å². The Labute approximate surface area is 142 Å². The minimum Gasteiger partial charge on any atom is -0.497 e. The van der Waals surface area contributed by atoms with Crippen molar-refractivity contribution in [1.82, 2.24) is 25.2 Å². The SMILES string of the molecule is CNCCN(C)C(=O)c1nnn(-c2ccc(OC)cc2)c1C.Cl. The summed E-state index contributed by atoms with van der Waals surface area (Å²) in [6, 6.07) is 7.44. The van der Waals surface area contributed by atoms with Crippen LogP contribution in [0.15, 0.2) is 24.3 Å². The average molecular weight is 340 g/mol. The highest BCUT2D eigenvalue weighted by Gasteiger charge is 2.20. The van der Waals surface area contributed by atoms with Gasteiger partial charge in [-0.3, -0.25) is 4.79 Å². The maximum absolute atomic E-state index is 12.4. The van der Waals surface area contributed by atoms with E-state index in [2.05, 4.69) is 15.6 Å². The van der Waals surface area contributed by atoms with Crippen molar-refractivity contribution in [1.29, 1.82) is 0 Å². The minimum absolute atomic E-state index is 0. The molecule has 1 aromatic carbocycles. The summed E-state index contributed by atoms with van der Waals surface area (Å²) in [6.07, 6.45) is 0. The van der Waals surface area contributed by atoms with Gasteiger partial charge in [-0.25, -0.2) is 4.68 Å². The molecule has 23 heavy (non-hydrogen) atoms. The third kappa shape index (κ3) is 4.20. The van der Waals surface area contributed by atoms with Gasteiger partial charge in [0.25, 0.3) is 5.91 Å². The highest BCUT2D eigenvalue weighted by atomic mass is 35.5. The molecular weight excluding hydrogens is 318 g/mol. The van der Waals surface area contributed by atoms with Crippen LogP contribution in [0.3, 0.4) is 0 Å². The molecule has 0 aliphatic heterocycles. The number of ether oxygens (including phenoxy) is 1. The van der Waals surface area contributed by atoms with Crippen LogP contribution in [0.1, 0.15) is 16.2 Å². The first kappa shape index (κ1) is 18.9. The molecule has 0 saturated heterocycles. The fraction of sp³-hybridized carbons (Fsp3) is 0.400. The molecule has 0 radical (unpaired) electrons. The minimum atomic E-state index is -0.132. The van der Waals surface area contributed by atoms with Gasteiger partial charge >= 0.3 is 0 Å². The molecule has 7 nitrogen and oxygen atoms in total. The Bertz CT molecular complexity index is 642. The number of nitrogens with one attached hydrogen (secondary N) is 1. The Balaban J connectivity index is 0.00000264. The molecule has 1 amide bonds. The first-order valence-corrected chi connectivity index (χ1v) is 7.05. The van der Waals surface area contributed by atoms with Gasteiger partial charge < -0.3 is 15.0 Å². The predicted octanol–water partition coefficient (Wildman–Crippen LogP) is 1.30. The molecule has 0 aliphatic rings. The summed E-state index contributed by atoms with van der Waals surface area (Å²) >= 11 is 0. The smallest absolute Gasteiger partial charge is 0.276 e. The maximum atomic E-state index is 12.4. The van der Waals surface area contributed by atoms with Gasteiger partial charge in [-0.2, -0.15) is 0 Å². The molecule has 126 valence electrons. The van der Waals surface area contributed by atoms with Crippen LogP contribution in [-0.4, -0.2) is 60.1 Å². The molecule has 1 N–H and O–H groups in total. The van der Waals surface area contributed by atoms with E-state index in [1.165, 1.54) is 0 Å². The summed E-state index contributed by atoms with van der Waals surface area (Å²) in [5.41, 5.74) is 1.92. The number of aromatic nitrogens is 3. The Morgan fingerprint density at radius 2 is 2.00 bits per heavy atom. The van der Waals surface area contributed by atoms with Gasteiger partial charge in [-0.05, 0) is 38.2 Å².